The summed E-state index contributed by atoms with van der Waals surface area (Å²) < 4.78 is 17.9. The molecule has 20 heavy (non-hydrogen) atoms. The van der Waals surface area contributed by atoms with Gasteiger partial charge in [0, 0.05) is 0 Å². The summed E-state index contributed by atoms with van der Waals surface area (Å²) in [5.74, 6) is 0.976. The average Bonchev–Trinajstić information content (AvgIpc) is 2.85. The van der Waals surface area contributed by atoms with Gasteiger partial charge in [0.15, 0.2) is 12.4 Å². The lowest BCUT2D eigenvalue weighted by Gasteiger charge is -2.11. The van der Waals surface area contributed by atoms with E-state index in [0.717, 1.165) is 0 Å². The summed E-state index contributed by atoms with van der Waals surface area (Å²) in [4.78, 5) is 15.8. The van der Waals surface area contributed by atoms with Gasteiger partial charge in [0.05, 0.1) is 6.04 Å². The summed E-state index contributed by atoms with van der Waals surface area (Å²) in [5.41, 5.74) is 0. The molecule has 0 radical (unpaired) electrons. The average molecular weight is 278 g/mol. The van der Waals surface area contributed by atoms with Crippen molar-refractivity contribution in [3.05, 3.63) is 41.7 Å². The van der Waals surface area contributed by atoms with E-state index in [2.05, 4.69) is 20.5 Å². The second-order valence-corrected chi connectivity index (χ2v) is 4.31. The van der Waals surface area contributed by atoms with Crippen molar-refractivity contribution in [1.82, 2.24) is 20.5 Å². The number of carbonyl (C=O) groups excluding carboxylic acids is 1. The fraction of sp³-hybridized carbons (Fsp3) is 0.308. The van der Waals surface area contributed by atoms with E-state index in [9.17, 15) is 9.18 Å². The fourth-order valence-electron chi connectivity index (χ4n) is 1.58. The second kappa shape index (κ2) is 6.14. The van der Waals surface area contributed by atoms with Crippen molar-refractivity contribution in [2.45, 2.75) is 19.9 Å². The maximum Gasteiger partial charge on any atom is 0.258 e. The molecular weight excluding hydrogens is 263 g/mol. The Balaban J connectivity index is 1.82. The van der Waals surface area contributed by atoms with Crippen LogP contribution in [-0.4, -0.2) is 27.7 Å². The molecule has 0 fully saturated rings. The van der Waals surface area contributed by atoms with E-state index in [0.29, 0.717) is 17.4 Å². The third-order valence-electron chi connectivity index (χ3n) is 2.56. The zero-order valence-corrected chi connectivity index (χ0v) is 11.2. The van der Waals surface area contributed by atoms with Crippen molar-refractivity contribution in [1.29, 1.82) is 0 Å². The Labute approximate surface area is 115 Å². The van der Waals surface area contributed by atoms with Crippen LogP contribution in [0.4, 0.5) is 4.39 Å². The summed E-state index contributed by atoms with van der Waals surface area (Å²) in [7, 11) is 0. The zero-order chi connectivity index (χ0) is 14.5. The molecule has 6 nitrogen and oxygen atoms in total. The number of hydrogen-bond acceptors (Lipinski definition) is 4. The highest BCUT2D eigenvalue weighted by molar-refractivity contribution is 5.77. The number of nitrogens with one attached hydrogen (secondary N) is 2. The molecule has 0 aliphatic carbocycles. The molecule has 0 unspecified atom stereocenters. The molecule has 0 spiro atoms. The summed E-state index contributed by atoms with van der Waals surface area (Å²) in [5, 5.41) is 9.38. The second-order valence-electron chi connectivity index (χ2n) is 4.31. The van der Waals surface area contributed by atoms with Crippen LogP contribution in [0.1, 0.15) is 24.6 Å². The highest BCUT2D eigenvalue weighted by Crippen LogP contribution is 2.11. The molecule has 1 atom stereocenters. The first kappa shape index (κ1) is 14.0. The number of halogens is 1. The van der Waals surface area contributed by atoms with Gasteiger partial charge in [0.2, 0.25) is 0 Å². The van der Waals surface area contributed by atoms with Gasteiger partial charge in [-0.2, -0.15) is 5.10 Å². The van der Waals surface area contributed by atoms with Crippen molar-refractivity contribution in [2.75, 3.05) is 6.61 Å². The first-order valence-corrected chi connectivity index (χ1v) is 6.11. The first-order chi connectivity index (χ1) is 9.54. The topological polar surface area (TPSA) is 79.9 Å². The Morgan fingerprint density at radius 2 is 2.15 bits per heavy atom. The number of benzene rings is 1. The molecule has 2 aromatic rings. The first-order valence-electron chi connectivity index (χ1n) is 6.11. The van der Waals surface area contributed by atoms with Crippen molar-refractivity contribution in [2.24, 2.45) is 0 Å². The van der Waals surface area contributed by atoms with Crippen molar-refractivity contribution >= 4 is 5.91 Å². The molecule has 1 amide bonds. The summed E-state index contributed by atoms with van der Waals surface area (Å²) >= 11 is 0. The van der Waals surface area contributed by atoms with Crippen LogP contribution in [0.15, 0.2) is 24.3 Å². The number of aromatic nitrogens is 3. The molecule has 1 heterocycles. The molecule has 106 valence electrons. The molecule has 2 rings (SSSR count). The lowest BCUT2D eigenvalue weighted by molar-refractivity contribution is -0.123. The maximum absolute atomic E-state index is 12.7. The van der Waals surface area contributed by atoms with Crippen LogP contribution in [0.2, 0.25) is 0 Å². The number of aromatic amines is 1. The largest absolute Gasteiger partial charge is 0.484 e. The molecule has 7 heteroatoms. The number of rotatable bonds is 5. The molecule has 0 aliphatic rings. The minimum absolute atomic E-state index is 0.153. The van der Waals surface area contributed by atoms with E-state index < -0.39 is 0 Å². The van der Waals surface area contributed by atoms with Crippen LogP contribution in [0.5, 0.6) is 5.75 Å². The van der Waals surface area contributed by atoms with E-state index in [4.69, 9.17) is 4.74 Å². The smallest absolute Gasteiger partial charge is 0.258 e. The summed E-state index contributed by atoms with van der Waals surface area (Å²) in [6.07, 6.45) is 0. The van der Waals surface area contributed by atoms with Crippen LogP contribution < -0.4 is 10.1 Å². The highest BCUT2D eigenvalue weighted by atomic mass is 19.1. The van der Waals surface area contributed by atoms with Crippen LogP contribution in [0, 0.1) is 12.7 Å². The minimum atomic E-state index is -0.351. The molecule has 2 N–H and O–H groups in total. The van der Waals surface area contributed by atoms with Crippen LogP contribution in [0.25, 0.3) is 0 Å². The Hall–Kier alpha value is -2.44. The predicted molar refractivity (Wildman–Crippen MR) is 69.6 cm³/mol. The van der Waals surface area contributed by atoms with Crippen LogP contribution >= 0.6 is 0 Å². The Bertz CT molecular complexity index is 582. The van der Waals surface area contributed by atoms with E-state index in [1.54, 1.807) is 13.8 Å². The van der Waals surface area contributed by atoms with E-state index in [1.165, 1.54) is 24.3 Å². The maximum atomic E-state index is 12.7. The normalized spacial score (nSPS) is 11.9. The van der Waals surface area contributed by atoms with Crippen molar-refractivity contribution < 1.29 is 13.9 Å². The lowest BCUT2D eigenvalue weighted by Crippen LogP contribution is -2.31. The lowest BCUT2D eigenvalue weighted by atomic mass is 10.3. The van der Waals surface area contributed by atoms with Gasteiger partial charge < -0.3 is 10.1 Å². The van der Waals surface area contributed by atoms with E-state index in [1.807, 2.05) is 0 Å². The number of nitrogens with zero attached hydrogens (tertiary/aromatic N) is 2. The number of carbonyl (C=O) groups is 1. The number of H-pyrrole nitrogens is 1. The van der Waals surface area contributed by atoms with Gasteiger partial charge in [-0.25, -0.2) is 9.37 Å². The van der Waals surface area contributed by atoms with Gasteiger partial charge >= 0.3 is 0 Å². The molecule has 1 aromatic carbocycles. The molecule has 0 bridgehead atoms. The number of amides is 1. The standard InChI is InChI=1S/C13H15FN4O2/c1-8(13-16-9(2)17-18-13)15-12(19)7-20-11-5-3-10(14)4-6-11/h3-6,8H,7H2,1-2H3,(H,15,19)(H,16,17,18)/t8-/m0/s1. The minimum Gasteiger partial charge on any atom is -0.484 e. The van der Waals surface area contributed by atoms with Crippen LogP contribution in [0.3, 0.4) is 0 Å². The Morgan fingerprint density at radius 1 is 1.45 bits per heavy atom. The van der Waals surface area contributed by atoms with Crippen molar-refractivity contribution in [3.8, 4) is 5.75 Å². The fourth-order valence-corrected chi connectivity index (χ4v) is 1.58. The van der Waals surface area contributed by atoms with Gasteiger partial charge in [0.1, 0.15) is 17.4 Å². The van der Waals surface area contributed by atoms with E-state index in [-0.39, 0.29) is 24.4 Å². The SMILES string of the molecule is Cc1nc([C@H](C)NC(=O)COc2ccc(F)cc2)n[nH]1. The predicted octanol–water partition coefficient (Wildman–Crippen LogP) is 1.51. The summed E-state index contributed by atoms with van der Waals surface area (Å²) in [6, 6.07) is 5.15. The molecule has 0 saturated heterocycles. The number of ether oxygens (including phenoxy) is 1. The Kier molecular flexibility index (Phi) is 4.29. The Morgan fingerprint density at radius 3 is 2.75 bits per heavy atom. The number of aryl methyl sites for hydroxylation is 1. The van der Waals surface area contributed by atoms with Gasteiger partial charge in [0.25, 0.3) is 5.91 Å². The highest BCUT2D eigenvalue weighted by Gasteiger charge is 2.13. The quantitative estimate of drug-likeness (QED) is 0.868. The molecule has 1 aromatic heterocycles. The van der Waals surface area contributed by atoms with Crippen molar-refractivity contribution in [3.63, 3.8) is 0 Å². The number of hydrogen-bond donors (Lipinski definition) is 2. The van der Waals surface area contributed by atoms with Gasteiger partial charge in [-0.1, -0.05) is 0 Å². The van der Waals surface area contributed by atoms with Gasteiger partial charge in [-0.3, -0.25) is 9.89 Å². The summed E-state index contributed by atoms with van der Waals surface area (Å²) in [6.45, 7) is 3.40. The van der Waals surface area contributed by atoms with Crippen LogP contribution in [-0.2, 0) is 4.79 Å². The van der Waals surface area contributed by atoms with E-state index >= 15 is 0 Å². The molecule has 0 saturated carbocycles. The zero-order valence-electron chi connectivity index (χ0n) is 11.2. The third-order valence-corrected chi connectivity index (χ3v) is 2.56. The van der Waals surface area contributed by atoms with Gasteiger partial charge in [-0.05, 0) is 38.1 Å². The van der Waals surface area contributed by atoms with Gasteiger partial charge in [-0.15, -0.1) is 0 Å². The molecular formula is C13H15FN4O2. The molecule has 0 aliphatic heterocycles. The third kappa shape index (κ3) is 3.78. The monoisotopic (exact) mass is 278 g/mol.